The van der Waals surface area contributed by atoms with E-state index in [1.807, 2.05) is 39.1 Å². The Balaban J connectivity index is 2.01. The van der Waals surface area contributed by atoms with Crippen molar-refractivity contribution in [2.24, 2.45) is 17.3 Å². The maximum atomic E-state index is 4.31. The number of benzene rings is 2. The molecule has 0 saturated carbocycles. The first-order chi connectivity index (χ1) is 10.6. The first-order valence-corrected chi connectivity index (χ1v) is 7.92. The fourth-order valence-corrected chi connectivity index (χ4v) is 3.08. The van der Waals surface area contributed by atoms with Gasteiger partial charge in [0.2, 0.25) is 4.80 Å². The Morgan fingerprint density at radius 2 is 1.82 bits per heavy atom. The lowest BCUT2D eigenvalue weighted by Gasteiger charge is -2.06. The molecule has 0 amide bonds. The standard InChI is InChI=1S/C17H18N4S/c1-12(2)19-20-17-21(3)15-11-14(9-10-16(15)22-17)18-13-7-5-4-6-8-13/h4-11,18H,1-3H3. The first kappa shape index (κ1) is 14.5. The molecule has 0 radical (unpaired) electrons. The molecule has 0 aliphatic heterocycles. The summed E-state index contributed by atoms with van der Waals surface area (Å²) in [6.07, 6.45) is 0. The van der Waals surface area contributed by atoms with Gasteiger partial charge in [0.25, 0.3) is 0 Å². The van der Waals surface area contributed by atoms with Crippen molar-refractivity contribution in [2.75, 3.05) is 5.32 Å². The Morgan fingerprint density at radius 3 is 2.55 bits per heavy atom. The molecular weight excluding hydrogens is 292 g/mol. The van der Waals surface area contributed by atoms with Crippen molar-refractivity contribution in [3.05, 3.63) is 53.3 Å². The minimum Gasteiger partial charge on any atom is -0.355 e. The Morgan fingerprint density at radius 1 is 1.05 bits per heavy atom. The van der Waals surface area contributed by atoms with Gasteiger partial charge in [0.05, 0.1) is 10.2 Å². The molecule has 0 unspecified atom stereocenters. The summed E-state index contributed by atoms with van der Waals surface area (Å²) < 4.78 is 3.27. The summed E-state index contributed by atoms with van der Waals surface area (Å²) in [4.78, 5) is 0.896. The predicted molar refractivity (Wildman–Crippen MR) is 94.9 cm³/mol. The van der Waals surface area contributed by atoms with Crippen LogP contribution in [0.5, 0.6) is 0 Å². The molecule has 22 heavy (non-hydrogen) atoms. The molecule has 2 aromatic carbocycles. The first-order valence-electron chi connectivity index (χ1n) is 7.10. The summed E-state index contributed by atoms with van der Waals surface area (Å²) >= 11 is 1.64. The van der Waals surface area contributed by atoms with Crippen LogP contribution >= 0.6 is 11.3 Å². The van der Waals surface area contributed by atoms with E-state index >= 15 is 0 Å². The van der Waals surface area contributed by atoms with E-state index in [-0.39, 0.29) is 0 Å². The van der Waals surface area contributed by atoms with Crippen LogP contribution in [0, 0.1) is 0 Å². The number of para-hydroxylation sites is 1. The molecule has 112 valence electrons. The van der Waals surface area contributed by atoms with Crippen molar-refractivity contribution < 1.29 is 0 Å². The second-order valence-electron chi connectivity index (χ2n) is 5.26. The number of hydrogen-bond acceptors (Lipinski definition) is 4. The lowest BCUT2D eigenvalue weighted by Crippen LogP contribution is -2.09. The number of fused-ring (bicyclic) bond motifs is 1. The van der Waals surface area contributed by atoms with Crippen molar-refractivity contribution >= 4 is 38.6 Å². The topological polar surface area (TPSA) is 41.7 Å². The van der Waals surface area contributed by atoms with E-state index in [9.17, 15) is 0 Å². The summed E-state index contributed by atoms with van der Waals surface area (Å²) in [5.41, 5.74) is 4.24. The van der Waals surface area contributed by atoms with Crippen molar-refractivity contribution in [2.45, 2.75) is 13.8 Å². The minimum absolute atomic E-state index is 0.896. The van der Waals surface area contributed by atoms with Gasteiger partial charge in [0.15, 0.2) is 0 Å². The monoisotopic (exact) mass is 310 g/mol. The Hall–Kier alpha value is -2.40. The van der Waals surface area contributed by atoms with E-state index in [2.05, 4.69) is 50.4 Å². The molecule has 0 aliphatic carbocycles. The molecule has 5 heteroatoms. The van der Waals surface area contributed by atoms with Gasteiger partial charge in [-0.1, -0.05) is 29.5 Å². The molecular formula is C17H18N4S. The van der Waals surface area contributed by atoms with Crippen molar-refractivity contribution in [1.29, 1.82) is 0 Å². The van der Waals surface area contributed by atoms with Gasteiger partial charge in [-0.05, 0) is 44.2 Å². The van der Waals surface area contributed by atoms with Crippen LogP contribution in [0.1, 0.15) is 13.8 Å². The number of rotatable bonds is 3. The van der Waals surface area contributed by atoms with Crippen LogP contribution in [0.15, 0.2) is 58.7 Å². The quantitative estimate of drug-likeness (QED) is 0.569. The number of nitrogens with one attached hydrogen (secondary N) is 1. The van der Waals surface area contributed by atoms with E-state index in [1.54, 1.807) is 11.3 Å². The summed E-state index contributed by atoms with van der Waals surface area (Å²) in [7, 11) is 2.02. The lowest BCUT2D eigenvalue weighted by atomic mass is 10.2. The Bertz CT molecular complexity index is 884. The van der Waals surface area contributed by atoms with Gasteiger partial charge in [-0.2, -0.15) is 5.10 Å². The van der Waals surface area contributed by atoms with Crippen molar-refractivity contribution in [1.82, 2.24) is 4.57 Å². The van der Waals surface area contributed by atoms with Crippen LogP contribution in [0.25, 0.3) is 10.2 Å². The summed E-state index contributed by atoms with van der Waals surface area (Å²) in [5, 5.41) is 11.9. The highest BCUT2D eigenvalue weighted by atomic mass is 32.1. The second-order valence-corrected chi connectivity index (χ2v) is 6.27. The second kappa shape index (κ2) is 6.15. The largest absolute Gasteiger partial charge is 0.355 e. The van der Waals surface area contributed by atoms with Gasteiger partial charge >= 0.3 is 0 Å². The fourth-order valence-electron chi connectivity index (χ4n) is 2.13. The zero-order valence-electron chi connectivity index (χ0n) is 12.9. The average molecular weight is 310 g/mol. The third-order valence-electron chi connectivity index (χ3n) is 3.21. The fraction of sp³-hybridized carbons (Fsp3) is 0.176. The molecule has 4 nitrogen and oxygen atoms in total. The number of nitrogens with zero attached hydrogens (tertiary/aromatic N) is 3. The third-order valence-corrected chi connectivity index (χ3v) is 4.31. The van der Waals surface area contributed by atoms with E-state index < -0.39 is 0 Å². The van der Waals surface area contributed by atoms with Gasteiger partial charge in [0.1, 0.15) is 0 Å². The van der Waals surface area contributed by atoms with E-state index in [4.69, 9.17) is 0 Å². The zero-order valence-corrected chi connectivity index (χ0v) is 13.7. The molecule has 0 bridgehead atoms. The maximum Gasteiger partial charge on any atom is 0.211 e. The SMILES string of the molecule is CC(C)=NN=c1sc2ccc(Nc3ccccc3)cc2n1C. The molecule has 0 spiro atoms. The third kappa shape index (κ3) is 3.09. The zero-order chi connectivity index (χ0) is 15.5. The van der Waals surface area contributed by atoms with Gasteiger partial charge in [-0.15, -0.1) is 5.10 Å². The number of aryl methyl sites for hydroxylation is 1. The van der Waals surface area contributed by atoms with Gasteiger partial charge in [-0.3, -0.25) is 0 Å². The molecule has 3 rings (SSSR count). The van der Waals surface area contributed by atoms with Crippen LogP contribution in [0.2, 0.25) is 0 Å². The average Bonchev–Trinajstić information content (AvgIpc) is 2.83. The number of thiazole rings is 1. The van der Waals surface area contributed by atoms with Crippen molar-refractivity contribution in [3.8, 4) is 0 Å². The molecule has 1 N–H and O–H groups in total. The molecule has 3 aromatic rings. The van der Waals surface area contributed by atoms with Gasteiger partial charge in [-0.25, -0.2) is 0 Å². The molecule has 0 saturated heterocycles. The highest BCUT2D eigenvalue weighted by Gasteiger charge is 2.04. The molecule has 0 fully saturated rings. The van der Waals surface area contributed by atoms with Crippen LogP contribution in [0.4, 0.5) is 11.4 Å². The van der Waals surface area contributed by atoms with Crippen molar-refractivity contribution in [3.63, 3.8) is 0 Å². The normalized spacial score (nSPS) is 11.7. The molecule has 1 heterocycles. The van der Waals surface area contributed by atoms with E-state index in [0.717, 1.165) is 27.4 Å². The molecule has 0 atom stereocenters. The summed E-state index contributed by atoms with van der Waals surface area (Å²) in [5.74, 6) is 0. The summed E-state index contributed by atoms with van der Waals surface area (Å²) in [6, 6.07) is 16.5. The molecule has 0 aliphatic rings. The number of hydrogen-bond donors (Lipinski definition) is 1. The van der Waals surface area contributed by atoms with Gasteiger partial charge < -0.3 is 9.88 Å². The minimum atomic E-state index is 0.896. The Kier molecular flexibility index (Phi) is 4.06. The van der Waals surface area contributed by atoms with Crippen LogP contribution in [0.3, 0.4) is 0 Å². The predicted octanol–water partition coefficient (Wildman–Crippen LogP) is 4.28. The van der Waals surface area contributed by atoms with E-state index in [0.29, 0.717) is 0 Å². The molecule has 1 aromatic heterocycles. The van der Waals surface area contributed by atoms with Crippen LogP contribution in [-0.2, 0) is 7.05 Å². The summed E-state index contributed by atoms with van der Waals surface area (Å²) in [6.45, 7) is 3.89. The van der Waals surface area contributed by atoms with Crippen LogP contribution < -0.4 is 10.1 Å². The van der Waals surface area contributed by atoms with E-state index in [1.165, 1.54) is 4.70 Å². The highest BCUT2D eigenvalue weighted by molar-refractivity contribution is 7.16. The smallest absolute Gasteiger partial charge is 0.211 e. The number of aromatic nitrogens is 1. The maximum absolute atomic E-state index is 4.31. The highest BCUT2D eigenvalue weighted by Crippen LogP contribution is 2.23. The lowest BCUT2D eigenvalue weighted by molar-refractivity contribution is 0.888. The number of anilines is 2. The van der Waals surface area contributed by atoms with Crippen LogP contribution in [-0.4, -0.2) is 10.3 Å². The van der Waals surface area contributed by atoms with Gasteiger partial charge in [0, 0.05) is 24.1 Å². The Labute approximate surface area is 133 Å².